The Kier molecular flexibility index (Phi) is 4.41. The number of hydrogen-bond acceptors (Lipinski definition) is 6. The Hall–Kier alpha value is -2.77. The van der Waals surface area contributed by atoms with Gasteiger partial charge in [-0.05, 0) is 32.3 Å². The van der Waals surface area contributed by atoms with Gasteiger partial charge in [-0.3, -0.25) is 9.59 Å². The summed E-state index contributed by atoms with van der Waals surface area (Å²) in [6.07, 6.45) is 7.97. The minimum atomic E-state index is -0.415. The third-order valence-corrected chi connectivity index (χ3v) is 5.91. The summed E-state index contributed by atoms with van der Waals surface area (Å²) in [5.74, 6) is 1.32. The van der Waals surface area contributed by atoms with Crippen LogP contribution in [0.5, 0.6) is 0 Å². The van der Waals surface area contributed by atoms with E-state index in [2.05, 4.69) is 19.9 Å². The van der Waals surface area contributed by atoms with Gasteiger partial charge in [0.05, 0.1) is 0 Å². The van der Waals surface area contributed by atoms with Crippen molar-refractivity contribution in [3.8, 4) is 0 Å². The topological polar surface area (TPSA) is 84.2 Å². The Bertz CT molecular complexity index is 902. The number of carbonyl (C=O) groups excluding carboxylic acids is 1. The average molecular weight is 368 g/mol. The number of nitrogens with zero attached hydrogens (tertiary/aromatic N) is 6. The molecule has 1 spiro atoms. The lowest BCUT2D eigenvalue weighted by molar-refractivity contribution is 0.0799. The molecule has 2 aromatic rings. The van der Waals surface area contributed by atoms with E-state index in [1.165, 1.54) is 4.90 Å². The number of carbonyl (C=O) groups is 1. The Morgan fingerprint density at radius 3 is 2.52 bits per heavy atom. The van der Waals surface area contributed by atoms with Crippen molar-refractivity contribution in [1.82, 2.24) is 24.4 Å². The number of aryl methyl sites for hydroxylation is 1. The fraction of sp³-hybridized carbons (Fsp3) is 0.526. The van der Waals surface area contributed by atoms with Crippen molar-refractivity contribution < 1.29 is 4.79 Å². The summed E-state index contributed by atoms with van der Waals surface area (Å²) in [5.41, 5.74) is -0.347. The zero-order valence-electron chi connectivity index (χ0n) is 15.8. The lowest BCUT2D eigenvalue weighted by atomic mass is 9.76. The minimum absolute atomic E-state index is 0.0946. The molecule has 0 atom stereocenters. The molecule has 0 N–H and O–H groups in total. The van der Waals surface area contributed by atoms with Crippen molar-refractivity contribution >= 4 is 11.9 Å². The van der Waals surface area contributed by atoms with Gasteiger partial charge in [0.25, 0.3) is 11.5 Å². The summed E-state index contributed by atoms with van der Waals surface area (Å²) in [7, 11) is 1.70. The third kappa shape index (κ3) is 2.98. The Morgan fingerprint density at radius 1 is 1.19 bits per heavy atom. The smallest absolute Gasteiger partial charge is 0.285 e. The molecule has 4 rings (SSSR count). The highest BCUT2D eigenvalue weighted by Crippen LogP contribution is 2.42. The van der Waals surface area contributed by atoms with Gasteiger partial charge in [0.15, 0.2) is 0 Å². The van der Waals surface area contributed by atoms with Gasteiger partial charge in [0.1, 0.15) is 11.4 Å². The lowest BCUT2D eigenvalue weighted by Gasteiger charge is -2.38. The second kappa shape index (κ2) is 6.75. The largest absolute Gasteiger partial charge is 0.342 e. The minimum Gasteiger partial charge on any atom is -0.342 e. The van der Waals surface area contributed by atoms with Crippen LogP contribution in [0.15, 0.2) is 29.5 Å². The van der Waals surface area contributed by atoms with Crippen LogP contribution in [0, 0.1) is 0 Å². The highest BCUT2D eigenvalue weighted by atomic mass is 16.2. The Labute approximate surface area is 157 Å². The van der Waals surface area contributed by atoms with Crippen LogP contribution in [-0.4, -0.2) is 57.0 Å². The first kappa shape index (κ1) is 17.6. The first-order valence-corrected chi connectivity index (χ1v) is 9.43. The number of piperidine rings is 1. The zero-order valence-corrected chi connectivity index (χ0v) is 15.8. The molecule has 2 aromatic heterocycles. The summed E-state index contributed by atoms with van der Waals surface area (Å²) >= 11 is 0. The fourth-order valence-corrected chi connectivity index (χ4v) is 4.09. The van der Waals surface area contributed by atoms with E-state index in [4.69, 9.17) is 0 Å². The lowest BCUT2D eigenvalue weighted by Crippen LogP contribution is -2.43. The van der Waals surface area contributed by atoms with E-state index in [-0.39, 0.29) is 16.9 Å². The van der Waals surface area contributed by atoms with Crippen LogP contribution in [0.2, 0.25) is 0 Å². The monoisotopic (exact) mass is 368 g/mol. The van der Waals surface area contributed by atoms with E-state index in [1.54, 1.807) is 25.6 Å². The molecule has 0 aromatic carbocycles. The predicted octanol–water partition coefficient (Wildman–Crippen LogP) is 1.07. The van der Waals surface area contributed by atoms with Crippen LogP contribution in [0.4, 0.5) is 5.95 Å². The fourth-order valence-electron chi connectivity index (χ4n) is 4.09. The molecule has 0 aliphatic carbocycles. The van der Waals surface area contributed by atoms with E-state index in [1.807, 2.05) is 17.6 Å². The van der Waals surface area contributed by atoms with Crippen molar-refractivity contribution in [1.29, 1.82) is 0 Å². The highest BCUT2D eigenvalue weighted by Gasteiger charge is 2.43. The van der Waals surface area contributed by atoms with Gasteiger partial charge < -0.3 is 14.4 Å². The van der Waals surface area contributed by atoms with Crippen LogP contribution >= 0.6 is 0 Å². The van der Waals surface area contributed by atoms with Gasteiger partial charge in [-0.1, -0.05) is 0 Å². The zero-order chi connectivity index (χ0) is 19.0. The van der Waals surface area contributed by atoms with Gasteiger partial charge >= 0.3 is 0 Å². The predicted molar refractivity (Wildman–Crippen MR) is 101 cm³/mol. The van der Waals surface area contributed by atoms with E-state index in [0.717, 1.165) is 50.7 Å². The van der Waals surface area contributed by atoms with Crippen molar-refractivity contribution in [2.24, 2.45) is 0 Å². The molecule has 4 heterocycles. The summed E-state index contributed by atoms with van der Waals surface area (Å²) < 4.78 is 2.01. The molecule has 1 amide bonds. The van der Waals surface area contributed by atoms with Gasteiger partial charge in [0.2, 0.25) is 5.95 Å². The van der Waals surface area contributed by atoms with Crippen molar-refractivity contribution in [3.63, 3.8) is 0 Å². The van der Waals surface area contributed by atoms with Crippen LogP contribution < -0.4 is 10.5 Å². The molecule has 8 heteroatoms. The summed E-state index contributed by atoms with van der Waals surface area (Å²) in [6, 6.07) is 1.81. The quantitative estimate of drug-likeness (QED) is 0.806. The molecule has 0 bridgehead atoms. The summed E-state index contributed by atoms with van der Waals surface area (Å²) in [5, 5.41) is 0. The van der Waals surface area contributed by atoms with Gasteiger partial charge in [-0.2, -0.15) is 4.98 Å². The molecule has 1 fully saturated rings. The molecule has 1 saturated heterocycles. The van der Waals surface area contributed by atoms with Crippen molar-refractivity contribution in [2.45, 2.75) is 38.1 Å². The molecular formula is C19H24N6O2. The molecule has 0 radical (unpaired) electrons. The molecule has 8 nitrogen and oxygen atoms in total. The van der Waals surface area contributed by atoms with Crippen molar-refractivity contribution in [2.75, 3.05) is 31.6 Å². The number of hydrogen-bond donors (Lipinski definition) is 0. The first-order valence-electron chi connectivity index (χ1n) is 9.43. The van der Waals surface area contributed by atoms with Crippen LogP contribution in [0.25, 0.3) is 0 Å². The summed E-state index contributed by atoms with van der Waals surface area (Å²) in [4.78, 5) is 41.7. The van der Waals surface area contributed by atoms with Gasteiger partial charge in [0, 0.05) is 57.2 Å². The van der Waals surface area contributed by atoms with E-state index in [9.17, 15) is 9.59 Å². The van der Waals surface area contributed by atoms with Gasteiger partial charge in [-0.25, -0.2) is 9.97 Å². The molecule has 2 aliphatic heterocycles. The van der Waals surface area contributed by atoms with Crippen LogP contribution in [0.3, 0.4) is 0 Å². The summed E-state index contributed by atoms with van der Waals surface area (Å²) in [6.45, 7) is 4.90. The third-order valence-electron chi connectivity index (χ3n) is 5.91. The van der Waals surface area contributed by atoms with Crippen LogP contribution in [-0.2, 0) is 12.0 Å². The molecule has 0 saturated carbocycles. The van der Waals surface area contributed by atoms with E-state index >= 15 is 0 Å². The maximum atomic E-state index is 12.6. The number of fused-ring (bicyclic) bond motifs is 2. The van der Waals surface area contributed by atoms with Crippen molar-refractivity contribution in [3.05, 3.63) is 46.4 Å². The molecule has 142 valence electrons. The normalized spacial score (nSPS) is 17.8. The first-order chi connectivity index (χ1) is 13.0. The Balaban J connectivity index is 1.58. The highest BCUT2D eigenvalue weighted by molar-refractivity contribution is 5.93. The Morgan fingerprint density at radius 2 is 1.85 bits per heavy atom. The van der Waals surface area contributed by atoms with E-state index < -0.39 is 5.56 Å². The molecular weight excluding hydrogens is 344 g/mol. The SMILES string of the molecule is CCN(C)C(=O)c1cn2c(nc1=O)C1(CCN(c3ncccn3)CC1)CC2. The second-order valence-electron chi connectivity index (χ2n) is 7.36. The standard InChI is InChI=1S/C19H24N6O2/c1-3-23(2)16(27)14-13-25-12-7-19(17(25)22-15(14)26)5-10-24(11-6-19)18-20-8-4-9-21-18/h4,8-9,13H,3,5-7,10-12H2,1-2H3. The number of amides is 1. The van der Waals surface area contributed by atoms with Crippen LogP contribution in [0.1, 0.15) is 42.4 Å². The van der Waals surface area contributed by atoms with E-state index in [0.29, 0.717) is 6.54 Å². The molecule has 0 unspecified atom stereocenters. The number of rotatable bonds is 3. The number of anilines is 1. The molecule has 2 aliphatic rings. The molecule has 27 heavy (non-hydrogen) atoms. The maximum absolute atomic E-state index is 12.6. The average Bonchev–Trinajstić information content (AvgIpc) is 3.04. The maximum Gasteiger partial charge on any atom is 0.285 e. The number of aromatic nitrogens is 4. The second-order valence-corrected chi connectivity index (χ2v) is 7.36. The van der Waals surface area contributed by atoms with Gasteiger partial charge in [-0.15, -0.1) is 0 Å².